The van der Waals surface area contributed by atoms with Crippen LogP contribution in [0, 0.1) is 0 Å². The van der Waals surface area contributed by atoms with Gasteiger partial charge in [-0.15, -0.1) is 0 Å². The zero-order chi connectivity index (χ0) is 11.3. The molecule has 0 aromatic carbocycles. The van der Waals surface area contributed by atoms with Gasteiger partial charge in [-0.2, -0.15) is 0 Å². The summed E-state index contributed by atoms with van der Waals surface area (Å²) in [6, 6.07) is 3.73. The van der Waals surface area contributed by atoms with Crippen LogP contribution in [0.1, 0.15) is 26.3 Å². The van der Waals surface area contributed by atoms with Crippen LogP contribution in [0.2, 0.25) is 0 Å². The third-order valence-corrected chi connectivity index (χ3v) is 2.03. The summed E-state index contributed by atoms with van der Waals surface area (Å²) in [5.41, 5.74) is 0.917. The second-order valence-electron chi connectivity index (χ2n) is 4.79. The van der Waals surface area contributed by atoms with Crippen molar-refractivity contribution in [3.63, 3.8) is 0 Å². The van der Waals surface area contributed by atoms with Gasteiger partial charge in [-0.1, -0.05) is 6.07 Å². The topological polar surface area (TPSA) is 24.9 Å². The molecule has 1 N–H and O–H groups in total. The van der Waals surface area contributed by atoms with Crippen molar-refractivity contribution in [3.05, 3.63) is 30.1 Å². The standard InChI is InChI=1S/C12H19FN2/c1-12(2,3)15-9-11(13)7-10-5-4-6-14-8-10/h4-6,8,11,15H,7,9H2,1-3H3. The van der Waals surface area contributed by atoms with E-state index in [1.165, 1.54) is 0 Å². The minimum atomic E-state index is -0.853. The molecule has 0 saturated heterocycles. The molecule has 1 unspecified atom stereocenters. The molecule has 0 saturated carbocycles. The quantitative estimate of drug-likeness (QED) is 0.825. The summed E-state index contributed by atoms with van der Waals surface area (Å²) in [4.78, 5) is 3.96. The second-order valence-corrected chi connectivity index (χ2v) is 4.79. The van der Waals surface area contributed by atoms with Crippen LogP contribution < -0.4 is 5.32 Å². The predicted molar refractivity (Wildman–Crippen MR) is 60.6 cm³/mol. The molecular weight excluding hydrogens is 191 g/mol. The van der Waals surface area contributed by atoms with E-state index < -0.39 is 6.17 Å². The molecule has 0 aliphatic heterocycles. The Morgan fingerprint density at radius 2 is 2.20 bits per heavy atom. The molecule has 0 bridgehead atoms. The van der Waals surface area contributed by atoms with Gasteiger partial charge in [-0.25, -0.2) is 4.39 Å². The van der Waals surface area contributed by atoms with E-state index in [9.17, 15) is 4.39 Å². The summed E-state index contributed by atoms with van der Waals surface area (Å²) in [6.07, 6.45) is 2.98. The number of nitrogens with one attached hydrogen (secondary N) is 1. The maximum Gasteiger partial charge on any atom is 0.117 e. The van der Waals surface area contributed by atoms with Crippen LogP contribution in [0.15, 0.2) is 24.5 Å². The molecule has 1 heterocycles. The van der Waals surface area contributed by atoms with Crippen molar-refractivity contribution < 1.29 is 4.39 Å². The average molecular weight is 210 g/mol. The monoisotopic (exact) mass is 210 g/mol. The second kappa shape index (κ2) is 5.21. The van der Waals surface area contributed by atoms with Crippen LogP contribution in [0.3, 0.4) is 0 Å². The van der Waals surface area contributed by atoms with Gasteiger partial charge in [0.2, 0.25) is 0 Å². The van der Waals surface area contributed by atoms with E-state index in [4.69, 9.17) is 0 Å². The molecule has 15 heavy (non-hydrogen) atoms. The van der Waals surface area contributed by atoms with Gasteiger partial charge in [0.15, 0.2) is 0 Å². The number of hydrogen-bond acceptors (Lipinski definition) is 2. The molecule has 1 aromatic rings. The van der Waals surface area contributed by atoms with Gasteiger partial charge < -0.3 is 5.32 Å². The Balaban J connectivity index is 2.34. The summed E-state index contributed by atoms with van der Waals surface area (Å²) < 4.78 is 13.5. The van der Waals surface area contributed by atoms with Gasteiger partial charge in [0.05, 0.1) is 0 Å². The molecule has 0 aliphatic carbocycles. The highest BCUT2D eigenvalue weighted by Crippen LogP contribution is 2.05. The summed E-state index contributed by atoms with van der Waals surface area (Å²) in [5.74, 6) is 0. The Hall–Kier alpha value is -0.960. The molecule has 84 valence electrons. The van der Waals surface area contributed by atoms with Crippen LogP contribution in [0.5, 0.6) is 0 Å². The number of alkyl halides is 1. The largest absolute Gasteiger partial charge is 0.309 e. The van der Waals surface area contributed by atoms with E-state index >= 15 is 0 Å². The fourth-order valence-electron chi connectivity index (χ4n) is 1.26. The Morgan fingerprint density at radius 1 is 1.47 bits per heavy atom. The molecule has 2 nitrogen and oxygen atoms in total. The minimum absolute atomic E-state index is 0.0285. The van der Waals surface area contributed by atoms with Crippen LogP contribution >= 0.6 is 0 Å². The molecule has 0 spiro atoms. The van der Waals surface area contributed by atoms with Gasteiger partial charge in [0, 0.05) is 30.9 Å². The van der Waals surface area contributed by atoms with Crippen LogP contribution in [0.25, 0.3) is 0 Å². The van der Waals surface area contributed by atoms with Gasteiger partial charge in [0.25, 0.3) is 0 Å². The molecule has 0 aliphatic rings. The van der Waals surface area contributed by atoms with Crippen LogP contribution in [-0.2, 0) is 6.42 Å². The molecular formula is C12H19FN2. The normalized spacial score (nSPS) is 13.9. The van der Waals surface area contributed by atoms with Gasteiger partial charge in [-0.3, -0.25) is 4.98 Å². The maximum absolute atomic E-state index is 13.5. The Kier molecular flexibility index (Phi) is 4.21. The molecule has 0 radical (unpaired) electrons. The summed E-state index contributed by atoms with van der Waals surface area (Å²) >= 11 is 0. The summed E-state index contributed by atoms with van der Waals surface area (Å²) in [7, 11) is 0. The summed E-state index contributed by atoms with van der Waals surface area (Å²) in [6.45, 7) is 6.48. The van der Waals surface area contributed by atoms with Crippen molar-refractivity contribution in [2.24, 2.45) is 0 Å². The minimum Gasteiger partial charge on any atom is -0.309 e. The number of aromatic nitrogens is 1. The first-order valence-corrected chi connectivity index (χ1v) is 5.25. The van der Waals surface area contributed by atoms with Crippen molar-refractivity contribution in [1.29, 1.82) is 0 Å². The molecule has 1 rings (SSSR count). The van der Waals surface area contributed by atoms with E-state index in [-0.39, 0.29) is 5.54 Å². The number of hydrogen-bond donors (Lipinski definition) is 1. The first-order chi connectivity index (χ1) is 6.97. The third kappa shape index (κ3) is 5.47. The number of nitrogens with zero attached hydrogens (tertiary/aromatic N) is 1. The van der Waals surface area contributed by atoms with Crippen molar-refractivity contribution in [3.8, 4) is 0 Å². The lowest BCUT2D eigenvalue weighted by atomic mass is 10.1. The Labute approximate surface area is 90.9 Å². The van der Waals surface area contributed by atoms with E-state index in [1.807, 2.05) is 32.9 Å². The van der Waals surface area contributed by atoms with Gasteiger partial charge >= 0.3 is 0 Å². The van der Waals surface area contributed by atoms with Crippen molar-refractivity contribution in [1.82, 2.24) is 10.3 Å². The zero-order valence-corrected chi connectivity index (χ0v) is 9.63. The first kappa shape index (κ1) is 12.1. The van der Waals surface area contributed by atoms with E-state index in [0.29, 0.717) is 13.0 Å². The molecule has 0 fully saturated rings. The lowest BCUT2D eigenvalue weighted by Gasteiger charge is -2.21. The predicted octanol–water partition coefficient (Wildman–Crippen LogP) is 2.35. The van der Waals surface area contributed by atoms with Crippen molar-refractivity contribution in [2.45, 2.75) is 38.9 Å². The Morgan fingerprint density at radius 3 is 2.73 bits per heavy atom. The zero-order valence-electron chi connectivity index (χ0n) is 9.63. The fraction of sp³-hybridized carbons (Fsp3) is 0.583. The summed E-state index contributed by atoms with van der Waals surface area (Å²) in [5, 5.41) is 3.15. The molecule has 3 heteroatoms. The lowest BCUT2D eigenvalue weighted by Crippen LogP contribution is -2.40. The average Bonchev–Trinajstić information content (AvgIpc) is 2.15. The maximum atomic E-state index is 13.5. The van der Waals surface area contributed by atoms with Gasteiger partial charge in [-0.05, 0) is 32.4 Å². The third-order valence-electron chi connectivity index (χ3n) is 2.03. The Bertz CT molecular complexity index is 279. The van der Waals surface area contributed by atoms with Crippen molar-refractivity contribution >= 4 is 0 Å². The van der Waals surface area contributed by atoms with E-state index in [2.05, 4.69) is 10.3 Å². The van der Waals surface area contributed by atoms with Crippen LogP contribution in [-0.4, -0.2) is 23.2 Å². The molecule has 0 amide bonds. The fourth-order valence-corrected chi connectivity index (χ4v) is 1.26. The van der Waals surface area contributed by atoms with Crippen LogP contribution in [0.4, 0.5) is 4.39 Å². The highest BCUT2D eigenvalue weighted by molar-refractivity contribution is 5.09. The smallest absolute Gasteiger partial charge is 0.117 e. The van der Waals surface area contributed by atoms with Gasteiger partial charge in [0.1, 0.15) is 6.17 Å². The SMILES string of the molecule is CC(C)(C)NCC(F)Cc1cccnc1. The highest BCUT2D eigenvalue weighted by atomic mass is 19.1. The molecule has 1 atom stereocenters. The molecule has 1 aromatic heterocycles. The number of rotatable bonds is 4. The number of pyridine rings is 1. The first-order valence-electron chi connectivity index (χ1n) is 5.25. The number of halogens is 1. The van der Waals surface area contributed by atoms with Crippen molar-refractivity contribution in [2.75, 3.05) is 6.54 Å². The highest BCUT2D eigenvalue weighted by Gasteiger charge is 2.13. The lowest BCUT2D eigenvalue weighted by molar-refractivity contribution is 0.284. The van der Waals surface area contributed by atoms with E-state index in [1.54, 1.807) is 12.4 Å². The van der Waals surface area contributed by atoms with E-state index in [0.717, 1.165) is 5.56 Å².